The third kappa shape index (κ3) is 2.19. The summed E-state index contributed by atoms with van der Waals surface area (Å²) >= 11 is 0. The first-order chi connectivity index (χ1) is 7.42. The number of hydrogen-bond acceptors (Lipinski definition) is 3. The van der Waals surface area contributed by atoms with Gasteiger partial charge in [0.2, 0.25) is 0 Å². The van der Waals surface area contributed by atoms with Crippen molar-refractivity contribution in [1.82, 2.24) is 15.5 Å². The van der Waals surface area contributed by atoms with Crippen LogP contribution in [-0.2, 0) is 0 Å². The second-order valence-corrected chi connectivity index (χ2v) is 5.41. The van der Waals surface area contributed by atoms with Gasteiger partial charge in [-0.25, -0.2) is 0 Å². The van der Waals surface area contributed by atoms with Crippen molar-refractivity contribution >= 4 is 0 Å². The number of nitrogens with one attached hydrogen (secondary N) is 2. The highest BCUT2D eigenvalue weighted by Gasteiger charge is 2.32. The summed E-state index contributed by atoms with van der Waals surface area (Å²) < 4.78 is 0. The average molecular weight is 209 g/mol. The summed E-state index contributed by atoms with van der Waals surface area (Å²) in [7, 11) is 0. The van der Waals surface area contributed by atoms with Crippen molar-refractivity contribution in [3.63, 3.8) is 0 Å². The van der Waals surface area contributed by atoms with E-state index in [4.69, 9.17) is 0 Å². The monoisotopic (exact) mass is 209 g/mol. The van der Waals surface area contributed by atoms with E-state index >= 15 is 0 Å². The molecule has 0 amide bonds. The van der Waals surface area contributed by atoms with E-state index in [1.165, 1.54) is 58.3 Å². The Balaban J connectivity index is 1.50. The number of piperidine rings is 1. The van der Waals surface area contributed by atoms with E-state index in [0.717, 1.165) is 18.1 Å². The molecule has 3 saturated heterocycles. The third-order valence-corrected chi connectivity index (χ3v) is 4.35. The quantitative estimate of drug-likeness (QED) is 0.696. The molecule has 0 saturated carbocycles. The van der Waals surface area contributed by atoms with E-state index in [2.05, 4.69) is 15.5 Å². The van der Waals surface area contributed by atoms with E-state index < -0.39 is 0 Å². The van der Waals surface area contributed by atoms with E-state index in [1.807, 2.05) is 0 Å². The highest BCUT2D eigenvalue weighted by Crippen LogP contribution is 2.27. The molecule has 86 valence electrons. The van der Waals surface area contributed by atoms with Gasteiger partial charge in [0.1, 0.15) is 0 Å². The molecule has 0 bridgehead atoms. The molecule has 2 N–H and O–H groups in total. The Morgan fingerprint density at radius 1 is 1.07 bits per heavy atom. The zero-order valence-electron chi connectivity index (χ0n) is 9.54. The first-order valence-corrected chi connectivity index (χ1v) is 6.62. The lowest BCUT2D eigenvalue weighted by Gasteiger charge is -2.36. The van der Waals surface area contributed by atoms with Gasteiger partial charge in [-0.2, -0.15) is 0 Å². The molecule has 3 fully saturated rings. The molecule has 3 heterocycles. The molecule has 3 aliphatic heterocycles. The molecule has 3 aliphatic rings. The first kappa shape index (κ1) is 10.1. The summed E-state index contributed by atoms with van der Waals surface area (Å²) in [5, 5.41) is 7.28. The van der Waals surface area contributed by atoms with E-state index in [0.29, 0.717) is 0 Å². The fourth-order valence-electron chi connectivity index (χ4n) is 3.51. The molecule has 0 radical (unpaired) electrons. The zero-order valence-corrected chi connectivity index (χ0v) is 9.54. The summed E-state index contributed by atoms with van der Waals surface area (Å²) in [5.41, 5.74) is 0. The van der Waals surface area contributed by atoms with Crippen LogP contribution < -0.4 is 10.6 Å². The number of hydrogen-bond donors (Lipinski definition) is 2. The largest absolute Gasteiger partial charge is 0.315 e. The second-order valence-electron chi connectivity index (χ2n) is 5.41. The van der Waals surface area contributed by atoms with Crippen LogP contribution in [0, 0.1) is 0 Å². The van der Waals surface area contributed by atoms with Gasteiger partial charge in [-0.1, -0.05) is 0 Å². The summed E-state index contributed by atoms with van der Waals surface area (Å²) in [4.78, 5) is 2.70. The molecule has 0 spiro atoms. The van der Waals surface area contributed by atoms with Crippen molar-refractivity contribution in [2.75, 3.05) is 26.2 Å². The molecule has 3 heteroatoms. The highest BCUT2D eigenvalue weighted by atomic mass is 15.2. The normalized spacial score (nSPS) is 42.0. The summed E-state index contributed by atoms with van der Waals surface area (Å²) in [6, 6.07) is 2.46. The number of fused-ring (bicyclic) bond motifs is 1. The Hall–Kier alpha value is -0.120. The second kappa shape index (κ2) is 4.40. The Labute approximate surface area is 92.6 Å². The minimum atomic E-state index is 0.753. The molecule has 0 aromatic heterocycles. The third-order valence-electron chi connectivity index (χ3n) is 4.35. The number of rotatable bonds is 2. The van der Waals surface area contributed by atoms with Crippen molar-refractivity contribution in [1.29, 1.82) is 0 Å². The summed E-state index contributed by atoms with van der Waals surface area (Å²) in [6.07, 6.45) is 6.97. The fourth-order valence-corrected chi connectivity index (χ4v) is 3.51. The lowest BCUT2D eigenvalue weighted by molar-refractivity contribution is 0.162. The van der Waals surface area contributed by atoms with Crippen LogP contribution in [0.5, 0.6) is 0 Å². The lowest BCUT2D eigenvalue weighted by atomic mass is 9.97. The predicted molar refractivity (Wildman–Crippen MR) is 62.0 cm³/mol. The molecule has 0 aliphatic carbocycles. The summed E-state index contributed by atoms with van der Waals surface area (Å²) in [6.45, 7) is 5.09. The molecule has 0 aromatic carbocycles. The Morgan fingerprint density at radius 2 is 2.07 bits per heavy atom. The lowest BCUT2D eigenvalue weighted by Crippen LogP contribution is -2.49. The van der Waals surface area contributed by atoms with Gasteiger partial charge in [-0.15, -0.1) is 0 Å². The predicted octanol–water partition coefficient (Wildman–Crippen LogP) is 0.565. The van der Waals surface area contributed by atoms with Crippen LogP contribution >= 0.6 is 0 Å². The van der Waals surface area contributed by atoms with E-state index in [-0.39, 0.29) is 0 Å². The van der Waals surface area contributed by atoms with Gasteiger partial charge in [-0.05, 0) is 51.7 Å². The van der Waals surface area contributed by atoms with Gasteiger partial charge >= 0.3 is 0 Å². The van der Waals surface area contributed by atoms with Crippen LogP contribution in [0.4, 0.5) is 0 Å². The van der Waals surface area contributed by atoms with Crippen molar-refractivity contribution in [3.05, 3.63) is 0 Å². The van der Waals surface area contributed by atoms with Gasteiger partial charge < -0.3 is 15.5 Å². The maximum absolute atomic E-state index is 3.84. The Morgan fingerprint density at radius 3 is 2.93 bits per heavy atom. The smallest absolute Gasteiger partial charge is 0.0207 e. The number of nitrogens with zero attached hydrogens (tertiary/aromatic N) is 1. The Bertz CT molecular complexity index is 211. The minimum Gasteiger partial charge on any atom is -0.315 e. The average Bonchev–Trinajstić information content (AvgIpc) is 2.87. The van der Waals surface area contributed by atoms with Gasteiger partial charge in [0.15, 0.2) is 0 Å². The minimum absolute atomic E-state index is 0.753. The summed E-state index contributed by atoms with van der Waals surface area (Å²) in [5.74, 6) is 0. The van der Waals surface area contributed by atoms with Crippen LogP contribution in [0.2, 0.25) is 0 Å². The maximum atomic E-state index is 3.84. The SMILES string of the molecule is C1CC2CC(NC3CCNC3)CCN2C1. The standard InChI is InChI=1S/C12H23N3/c1-2-12-8-10(4-7-15(12)6-1)14-11-3-5-13-9-11/h10-14H,1-9H2. The molecule has 3 unspecified atom stereocenters. The van der Waals surface area contributed by atoms with Crippen molar-refractivity contribution in [2.24, 2.45) is 0 Å². The molecule has 0 aromatic rings. The van der Waals surface area contributed by atoms with Crippen LogP contribution in [0.1, 0.15) is 32.1 Å². The molecule has 3 rings (SSSR count). The molecule has 15 heavy (non-hydrogen) atoms. The topological polar surface area (TPSA) is 27.3 Å². The van der Waals surface area contributed by atoms with Crippen LogP contribution in [0.15, 0.2) is 0 Å². The van der Waals surface area contributed by atoms with Gasteiger partial charge in [0.05, 0.1) is 0 Å². The van der Waals surface area contributed by atoms with Crippen molar-refractivity contribution in [3.8, 4) is 0 Å². The van der Waals surface area contributed by atoms with Crippen LogP contribution in [-0.4, -0.2) is 49.2 Å². The van der Waals surface area contributed by atoms with Gasteiger partial charge in [-0.3, -0.25) is 0 Å². The fraction of sp³-hybridized carbons (Fsp3) is 1.00. The van der Waals surface area contributed by atoms with Gasteiger partial charge in [0, 0.05) is 24.7 Å². The van der Waals surface area contributed by atoms with Crippen LogP contribution in [0.3, 0.4) is 0 Å². The zero-order chi connectivity index (χ0) is 10.1. The molecule has 3 atom stereocenters. The van der Waals surface area contributed by atoms with E-state index in [9.17, 15) is 0 Å². The van der Waals surface area contributed by atoms with Crippen LogP contribution in [0.25, 0.3) is 0 Å². The highest BCUT2D eigenvalue weighted by molar-refractivity contribution is 4.91. The first-order valence-electron chi connectivity index (χ1n) is 6.62. The van der Waals surface area contributed by atoms with Gasteiger partial charge in [0.25, 0.3) is 0 Å². The van der Waals surface area contributed by atoms with E-state index in [1.54, 1.807) is 0 Å². The molecule has 3 nitrogen and oxygen atoms in total. The molecular weight excluding hydrogens is 186 g/mol. The maximum Gasteiger partial charge on any atom is 0.0207 e. The Kier molecular flexibility index (Phi) is 2.95. The molecular formula is C12H23N3. The van der Waals surface area contributed by atoms with Crippen molar-refractivity contribution < 1.29 is 0 Å². The van der Waals surface area contributed by atoms with Crippen molar-refractivity contribution in [2.45, 2.75) is 50.2 Å².